The number of rotatable bonds is 4. The van der Waals surface area contributed by atoms with Crippen molar-refractivity contribution in [1.82, 2.24) is 15.0 Å². The number of ether oxygens (including phenoxy) is 1. The van der Waals surface area contributed by atoms with Gasteiger partial charge in [0, 0.05) is 11.2 Å². The molecule has 2 heterocycles. The minimum absolute atomic E-state index is 0.0130. The minimum Gasteiger partial charge on any atom is -0.354 e. The number of hydrogen-bond donors (Lipinski definition) is 0. The van der Waals surface area contributed by atoms with E-state index in [4.69, 9.17) is 16.3 Å². The molecule has 0 aliphatic carbocycles. The molecule has 1 aliphatic rings. The summed E-state index contributed by atoms with van der Waals surface area (Å²) in [5, 5.41) is 8.67. The Hall–Kier alpha value is -2.17. The van der Waals surface area contributed by atoms with Gasteiger partial charge in [-0.2, -0.15) is 0 Å². The second-order valence-corrected chi connectivity index (χ2v) is 5.84. The average molecular weight is 312 g/mol. The van der Waals surface area contributed by atoms with E-state index in [-0.39, 0.29) is 6.10 Å². The molecule has 1 aromatic heterocycles. The van der Waals surface area contributed by atoms with E-state index in [1.807, 2.05) is 48.7 Å². The lowest BCUT2D eigenvalue weighted by Gasteiger charge is -2.14. The molecule has 0 amide bonds. The van der Waals surface area contributed by atoms with Crippen molar-refractivity contribution < 1.29 is 4.74 Å². The van der Waals surface area contributed by atoms with Gasteiger partial charge in [-0.3, -0.25) is 0 Å². The normalized spacial score (nSPS) is 23.4. The summed E-state index contributed by atoms with van der Waals surface area (Å²) in [6.45, 7) is 0.619. The first kappa shape index (κ1) is 13.5. The van der Waals surface area contributed by atoms with Crippen molar-refractivity contribution in [2.75, 3.05) is 0 Å². The van der Waals surface area contributed by atoms with Crippen molar-refractivity contribution in [2.45, 2.75) is 18.2 Å². The standard InChI is InChI=1S/C17H14ClN3O/c18-15-8-6-14(7-9-15)17(12-21-11-10-19-20-21)16(22-17)13-4-2-1-3-5-13/h1-11,16H,12H2. The van der Waals surface area contributed by atoms with Crippen LogP contribution in [0.2, 0.25) is 5.02 Å². The van der Waals surface area contributed by atoms with Crippen LogP contribution in [0.3, 0.4) is 0 Å². The highest BCUT2D eigenvalue weighted by atomic mass is 35.5. The van der Waals surface area contributed by atoms with Crippen molar-refractivity contribution in [3.63, 3.8) is 0 Å². The van der Waals surface area contributed by atoms with Crippen molar-refractivity contribution in [3.05, 3.63) is 83.1 Å². The molecule has 1 saturated heterocycles. The summed E-state index contributed by atoms with van der Waals surface area (Å²) in [5.41, 5.74) is 1.85. The van der Waals surface area contributed by atoms with Gasteiger partial charge < -0.3 is 4.74 Å². The zero-order chi connectivity index (χ0) is 15.0. The van der Waals surface area contributed by atoms with Gasteiger partial charge in [0.25, 0.3) is 0 Å². The first-order valence-corrected chi connectivity index (χ1v) is 7.49. The van der Waals surface area contributed by atoms with Gasteiger partial charge in [0.15, 0.2) is 0 Å². The summed E-state index contributed by atoms with van der Waals surface area (Å²) in [6.07, 6.45) is 3.54. The number of hydrogen-bond acceptors (Lipinski definition) is 3. The first-order chi connectivity index (χ1) is 10.8. The second kappa shape index (κ2) is 5.23. The van der Waals surface area contributed by atoms with Gasteiger partial charge in [0.1, 0.15) is 11.7 Å². The molecule has 0 spiro atoms. The lowest BCUT2D eigenvalue weighted by molar-refractivity contribution is 0.261. The van der Waals surface area contributed by atoms with E-state index in [0.717, 1.165) is 16.1 Å². The summed E-state index contributed by atoms with van der Waals surface area (Å²) in [4.78, 5) is 0. The number of nitrogens with zero attached hydrogens (tertiary/aromatic N) is 3. The fourth-order valence-corrected chi connectivity index (χ4v) is 2.99. The van der Waals surface area contributed by atoms with Crippen LogP contribution in [0.1, 0.15) is 17.2 Å². The molecule has 4 nitrogen and oxygen atoms in total. The summed E-state index contributed by atoms with van der Waals surface area (Å²) >= 11 is 6.01. The Kier molecular flexibility index (Phi) is 3.21. The van der Waals surface area contributed by atoms with Crippen LogP contribution in [0.25, 0.3) is 0 Å². The van der Waals surface area contributed by atoms with E-state index in [2.05, 4.69) is 22.4 Å². The molecule has 4 rings (SSSR count). The molecule has 22 heavy (non-hydrogen) atoms. The Morgan fingerprint density at radius 2 is 1.86 bits per heavy atom. The Balaban J connectivity index is 1.72. The van der Waals surface area contributed by atoms with Crippen molar-refractivity contribution in [1.29, 1.82) is 0 Å². The van der Waals surface area contributed by atoms with Gasteiger partial charge in [-0.15, -0.1) is 5.10 Å². The molecule has 3 aromatic rings. The highest BCUT2D eigenvalue weighted by Crippen LogP contribution is 2.57. The van der Waals surface area contributed by atoms with Gasteiger partial charge in [0.2, 0.25) is 0 Å². The lowest BCUT2D eigenvalue weighted by atomic mass is 9.91. The highest BCUT2D eigenvalue weighted by Gasteiger charge is 2.58. The van der Waals surface area contributed by atoms with Crippen molar-refractivity contribution in [2.24, 2.45) is 0 Å². The van der Waals surface area contributed by atoms with Gasteiger partial charge in [-0.05, 0) is 23.3 Å². The highest BCUT2D eigenvalue weighted by molar-refractivity contribution is 6.30. The van der Waals surface area contributed by atoms with Crippen LogP contribution in [0.4, 0.5) is 0 Å². The second-order valence-electron chi connectivity index (χ2n) is 5.41. The van der Waals surface area contributed by atoms with Gasteiger partial charge >= 0.3 is 0 Å². The SMILES string of the molecule is Clc1ccc(C2(Cn3ccnn3)OC2c2ccccc2)cc1. The van der Waals surface area contributed by atoms with Crippen LogP contribution in [-0.2, 0) is 16.9 Å². The fraction of sp³-hybridized carbons (Fsp3) is 0.176. The number of halogens is 1. The third kappa shape index (κ3) is 2.30. The Bertz CT molecular complexity index is 758. The number of epoxide rings is 1. The predicted octanol–water partition coefficient (Wildman–Crippen LogP) is 3.60. The van der Waals surface area contributed by atoms with Crippen LogP contribution < -0.4 is 0 Å². The van der Waals surface area contributed by atoms with Crippen LogP contribution in [-0.4, -0.2) is 15.0 Å². The van der Waals surface area contributed by atoms with Gasteiger partial charge in [0.05, 0.1) is 12.7 Å². The quantitative estimate of drug-likeness (QED) is 0.691. The largest absolute Gasteiger partial charge is 0.354 e. The van der Waals surface area contributed by atoms with E-state index in [0.29, 0.717) is 6.54 Å². The van der Waals surface area contributed by atoms with E-state index in [9.17, 15) is 0 Å². The molecule has 0 bridgehead atoms. The monoisotopic (exact) mass is 311 g/mol. The maximum atomic E-state index is 6.16. The van der Waals surface area contributed by atoms with Crippen molar-refractivity contribution >= 4 is 11.6 Å². The molecule has 0 N–H and O–H groups in total. The molecule has 2 aromatic carbocycles. The summed E-state index contributed by atoms with van der Waals surface area (Å²) < 4.78 is 7.96. The van der Waals surface area contributed by atoms with E-state index >= 15 is 0 Å². The van der Waals surface area contributed by atoms with Crippen LogP contribution in [0, 0.1) is 0 Å². The summed E-state index contributed by atoms with van der Waals surface area (Å²) in [7, 11) is 0. The summed E-state index contributed by atoms with van der Waals surface area (Å²) in [6, 6.07) is 18.1. The molecule has 5 heteroatoms. The molecule has 110 valence electrons. The molecule has 0 radical (unpaired) electrons. The minimum atomic E-state index is -0.417. The maximum Gasteiger partial charge on any atom is 0.144 e. The molecular formula is C17H14ClN3O. The van der Waals surface area contributed by atoms with Crippen molar-refractivity contribution in [3.8, 4) is 0 Å². The third-order valence-corrected chi connectivity index (χ3v) is 4.25. The third-order valence-electron chi connectivity index (χ3n) is 4.00. The van der Waals surface area contributed by atoms with Crippen LogP contribution >= 0.6 is 11.6 Å². The fourth-order valence-electron chi connectivity index (χ4n) is 2.86. The Labute approximate surface area is 133 Å². The molecule has 2 unspecified atom stereocenters. The molecule has 2 atom stereocenters. The Morgan fingerprint density at radius 3 is 2.55 bits per heavy atom. The van der Waals surface area contributed by atoms with E-state index in [1.165, 1.54) is 0 Å². The number of benzene rings is 2. The van der Waals surface area contributed by atoms with Gasteiger partial charge in [-0.1, -0.05) is 59.3 Å². The zero-order valence-electron chi connectivity index (χ0n) is 11.8. The Morgan fingerprint density at radius 1 is 1.09 bits per heavy atom. The predicted molar refractivity (Wildman–Crippen MR) is 83.4 cm³/mol. The maximum absolute atomic E-state index is 6.16. The molecular weight excluding hydrogens is 298 g/mol. The van der Waals surface area contributed by atoms with E-state index < -0.39 is 5.60 Å². The topological polar surface area (TPSA) is 43.2 Å². The molecule has 1 fully saturated rings. The van der Waals surface area contributed by atoms with Gasteiger partial charge in [-0.25, -0.2) is 4.68 Å². The average Bonchev–Trinajstić information content (AvgIpc) is 3.04. The lowest BCUT2D eigenvalue weighted by Crippen LogP contribution is -2.19. The van der Waals surface area contributed by atoms with Crippen LogP contribution in [0.15, 0.2) is 67.0 Å². The van der Waals surface area contributed by atoms with E-state index in [1.54, 1.807) is 10.9 Å². The molecule has 0 saturated carbocycles. The smallest absolute Gasteiger partial charge is 0.144 e. The van der Waals surface area contributed by atoms with Crippen LogP contribution in [0.5, 0.6) is 0 Å². The first-order valence-electron chi connectivity index (χ1n) is 7.11. The molecule has 1 aliphatic heterocycles. The summed E-state index contributed by atoms with van der Waals surface area (Å²) in [5.74, 6) is 0. The zero-order valence-corrected chi connectivity index (χ0v) is 12.5. The number of aromatic nitrogens is 3.